The first-order valence-corrected chi connectivity index (χ1v) is 15.6. The minimum atomic E-state index is -0.205. The predicted molar refractivity (Wildman–Crippen MR) is 164 cm³/mol. The number of carbonyl (C=O) groups excluding carboxylic acids is 2. The molecule has 12 heteroatoms. The van der Waals surface area contributed by atoms with Gasteiger partial charge in [-0.3, -0.25) is 19.0 Å². The number of rotatable bonds is 12. The molecule has 222 valence electrons. The van der Waals surface area contributed by atoms with Gasteiger partial charge in [-0.1, -0.05) is 52.3 Å². The van der Waals surface area contributed by atoms with Gasteiger partial charge in [0.25, 0.3) is 5.56 Å². The SMILES string of the molecule is O=C(CCCCCn1c(SCC(=O)c2ccc(Br)cc2)nc2cc3c(cc2c1=O)OCO3)NCc1ccc2c(c1)OCO2. The Balaban J connectivity index is 1.08. The van der Waals surface area contributed by atoms with Gasteiger partial charge in [0.15, 0.2) is 33.9 Å². The monoisotopic (exact) mass is 665 g/mol. The first-order chi connectivity index (χ1) is 20.9. The van der Waals surface area contributed by atoms with Crippen LogP contribution in [0.2, 0.25) is 0 Å². The lowest BCUT2D eigenvalue weighted by Gasteiger charge is -2.13. The fraction of sp³-hybridized carbons (Fsp3) is 0.290. The van der Waals surface area contributed by atoms with Gasteiger partial charge in [-0.15, -0.1) is 0 Å². The van der Waals surface area contributed by atoms with Gasteiger partial charge >= 0.3 is 0 Å². The summed E-state index contributed by atoms with van der Waals surface area (Å²) in [5.41, 5.74) is 1.81. The van der Waals surface area contributed by atoms with E-state index in [4.69, 9.17) is 23.9 Å². The van der Waals surface area contributed by atoms with Crippen molar-refractivity contribution in [1.82, 2.24) is 14.9 Å². The van der Waals surface area contributed by atoms with E-state index in [2.05, 4.69) is 21.2 Å². The summed E-state index contributed by atoms with van der Waals surface area (Å²) in [6.07, 6.45) is 2.46. The molecule has 1 aromatic heterocycles. The third kappa shape index (κ3) is 6.80. The lowest BCUT2D eigenvalue weighted by molar-refractivity contribution is -0.121. The van der Waals surface area contributed by atoms with Crippen LogP contribution < -0.4 is 29.8 Å². The Morgan fingerprint density at radius 1 is 0.884 bits per heavy atom. The van der Waals surface area contributed by atoms with Crippen molar-refractivity contribution in [2.24, 2.45) is 0 Å². The lowest BCUT2D eigenvalue weighted by Crippen LogP contribution is -2.24. The molecule has 1 N–H and O–H groups in total. The van der Waals surface area contributed by atoms with Crippen LogP contribution in [-0.4, -0.2) is 40.6 Å². The van der Waals surface area contributed by atoms with Crippen LogP contribution in [0, 0.1) is 0 Å². The van der Waals surface area contributed by atoms with E-state index in [1.807, 2.05) is 30.3 Å². The average Bonchev–Trinajstić information content (AvgIpc) is 3.68. The number of amides is 1. The van der Waals surface area contributed by atoms with Crippen LogP contribution in [0.3, 0.4) is 0 Å². The molecule has 10 nitrogen and oxygen atoms in total. The Morgan fingerprint density at radius 3 is 2.40 bits per heavy atom. The summed E-state index contributed by atoms with van der Waals surface area (Å²) >= 11 is 4.62. The Hall–Kier alpha value is -4.03. The molecule has 0 fully saturated rings. The number of fused-ring (bicyclic) bond motifs is 3. The molecule has 0 atom stereocenters. The molecule has 0 spiro atoms. The molecule has 0 bridgehead atoms. The highest BCUT2D eigenvalue weighted by Crippen LogP contribution is 2.35. The Bertz CT molecular complexity index is 1740. The first kappa shape index (κ1) is 29.1. The number of unbranched alkanes of at least 4 members (excludes halogenated alkanes) is 2. The third-order valence-electron chi connectivity index (χ3n) is 7.12. The van der Waals surface area contributed by atoms with E-state index in [9.17, 15) is 14.4 Å². The van der Waals surface area contributed by atoms with Crippen molar-refractivity contribution in [2.45, 2.75) is 43.9 Å². The maximum Gasteiger partial charge on any atom is 0.262 e. The summed E-state index contributed by atoms with van der Waals surface area (Å²) in [5.74, 6) is 2.47. The number of ether oxygens (including phenoxy) is 4. The van der Waals surface area contributed by atoms with Crippen LogP contribution in [0.4, 0.5) is 0 Å². The van der Waals surface area contributed by atoms with Crippen LogP contribution in [0.15, 0.2) is 69.0 Å². The second-order valence-corrected chi connectivity index (χ2v) is 11.9. The summed E-state index contributed by atoms with van der Waals surface area (Å²) in [4.78, 5) is 43.6. The molecular weight excluding hydrogens is 638 g/mol. The molecule has 3 heterocycles. The number of ketones is 1. The fourth-order valence-corrected chi connectivity index (χ4v) is 6.00. The molecule has 2 aliphatic heterocycles. The van der Waals surface area contributed by atoms with E-state index in [0.29, 0.717) is 77.0 Å². The summed E-state index contributed by atoms with van der Waals surface area (Å²) < 4.78 is 24.2. The minimum absolute atomic E-state index is 0.0408. The molecule has 2 aliphatic rings. The highest BCUT2D eigenvalue weighted by molar-refractivity contribution is 9.10. The highest BCUT2D eigenvalue weighted by atomic mass is 79.9. The van der Waals surface area contributed by atoms with E-state index in [1.165, 1.54) is 11.8 Å². The maximum absolute atomic E-state index is 13.6. The first-order valence-electron chi connectivity index (χ1n) is 13.9. The van der Waals surface area contributed by atoms with Crippen molar-refractivity contribution in [3.05, 3.63) is 80.6 Å². The molecular formula is C31H28BrN3O7S. The van der Waals surface area contributed by atoms with Gasteiger partial charge in [0.05, 0.1) is 16.7 Å². The van der Waals surface area contributed by atoms with Crippen LogP contribution >= 0.6 is 27.7 Å². The molecule has 0 aliphatic carbocycles. The molecule has 6 rings (SSSR count). The van der Waals surface area contributed by atoms with Crippen LogP contribution in [0.5, 0.6) is 23.0 Å². The summed E-state index contributed by atoms with van der Waals surface area (Å²) in [7, 11) is 0. The van der Waals surface area contributed by atoms with E-state index < -0.39 is 0 Å². The molecule has 0 radical (unpaired) electrons. The van der Waals surface area contributed by atoms with Gasteiger partial charge in [0.2, 0.25) is 19.5 Å². The largest absolute Gasteiger partial charge is 0.454 e. The van der Waals surface area contributed by atoms with E-state index in [-0.39, 0.29) is 36.6 Å². The van der Waals surface area contributed by atoms with Gasteiger partial charge in [0.1, 0.15) is 0 Å². The van der Waals surface area contributed by atoms with Gasteiger partial charge in [-0.25, -0.2) is 4.98 Å². The Labute approximate surface area is 259 Å². The molecule has 0 unspecified atom stereocenters. The quantitative estimate of drug-likeness (QED) is 0.0910. The number of thioether (sulfide) groups is 1. The molecule has 0 saturated carbocycles. The average molecular weight is 667 g/mol. The third-order valence-corrected chi connectivity index (χ3v) is 8.63. The van der Waals surface area contributed by atoms with Crippen molar-refractivity contribution in [3.63, 3.8) is 0 Å². The van der Waals surface area contributed by atoms with E-state index in [0.717, 1.165) is 16.5 Å². The minimum Gasteiger partial charge on any atom is -0.454 e. The maximum atomic E-state index is 13.6. The Morgan fingerprint density at radius 2 is 1.60 bits per heavy atom. The van der Waals surface area contributed by atoms with E-state index in [1.54, 1.807) is 28.8 Å². The smallest absolute Gasteiger partial charge is 0.262 e. The second kappa shape index (κ2) is 13.1. The van der Waals surface area contributed by atoms with Gasteiger partial charge in [0, 0.05) is 35.6 Å². The number of nitrogens with zero attached hydrogens (tertiary/aromatic N) is 2. The number of hydrogen-bond donors (Lipinski definition) is 1. The normalized spacial score (nSPS) is 13.0. The highest BCUT2D eigenvalue weighted by Gasteiger charge is 2.20. The van der Waals surface area contributed by atoms with Gasteiger partial charge in [-0.2, -0.15) is 0 Å². The van der Waals surface area contributed by atoms with Crippen molar-refractivity contribution >= 4 is 50.3 Å². The van der Waals surface area contributed by atoms with Crippen LogP contribution in [0.25, 0.3) is 10.9 Å². The van der Waals surface area contributed by atoms with Crippen molar-refractivity contribution < 1.29 is 28.5 Å². The Kier molecular flexibility index (Phi) is 8.85. The predicted octanol–water partition coefficient (Wildman–Crippen LogP) is 5.47. The zero-order valence-corrected chi connectivity index (χ0v) is 25.5. The number of aromatic nitrogens is 2. The number of nitrogens with one attached hydrogen (secondary N) is 1. The van der Waals surface area contributed by atoms with Crippen LogP contribution in [-0.2, 0) is 17.9 Å². The second-order valence-electron chi connectivity index (χ2n) is 10.1. The van der Waals surface area contributed by atoms with Gasteiger partial charge in [-0.05, 0) is 48.7 Å². The van der Waals surface area contributed by atoms with Crippen LogP contribution in [0.1, 0.15) is 41.6 Å². The molecule has 3 aromatic carbocycles. The molecule has 4 aromatic rings. The standard InChI is InChI=1S/C31H28BrN3O7S/c32-21-8-6-20(7-9-21)24(36)16-43-31-34-23-14-28-27(41-18-42-28)13-22(23)30(38)35(31)11-3-1-2-4-29(37)33-15-19-5-10-25-26(12-19)40-17-39-25/h5-10,12-14H,1-4,11,15-18H2,(H,33,37). The zero-order valence-electron chi connectivity index (χ0n) is 23.1. The number of Topliss-reactive ketones (excluding diaryl/α,β-unsaturated/α-hetero) is 1. The summed E-state index contributed by atoms with van der Waals surface area (Å²) in [6, 6.07) is 16.1. The van der Waals surface area contributed by atoms with Crippen molar-refractivity contribution in [1.29, 1.82) is 0 Å². The number of halogens is 1. The van der Waals surface area contributed by atoms with E-state index >= 15 is 0 Å². The lowest BCUT2D eigenvalue weighted by atomic mass is 10.1. The zero-order chi connectivity index (χ0) is 29.8. The van der Waals surface area contributed by atoms with Gasteiger partial charge < -0.3 is 24.3 Å². The topological polar surface area (TPSA) is 118 Å². The molecule has 0 saturated heterocycles. The van der Waals surface area contributed by atoms with Crippen molar-refractivity contribution in [2.75, 3.05) is 19.3 Å². The number of hydrogen-bond acceptors (Lipinski definition) is 9. The number of carbonyl (C=O) groups is 2. The van der Waals surface area contributed by atoms with Crippen molar-refractivity contribution in [3.8, 4) is 23.0 Å². The summed E-state index contributed by atoms with van der Waals surface area (Å²) in [5, 5.41) is 3.83. The molecule has 1 amide bonds. The summed E-state index contributed by atoms with van der Waals surface area (Å²) in [6.45, 7) is 1.12. The fourth-order valence-electron chi connectivity index (χ4n) is 4.82. The number of benzene rings is 3. The molecule has 43 heavy (non-hydrogen) atoms.